The van der Waals surface area contributed by atoms with E-state index in [4.69, 9.17) is 0 Å². The van der Waals surface area contributed by atoms with Crippen LogP contribution in [0.4, 0.5) is 29.3 Å². The zero-order chi connectivity index (χ0) is 27.6. The maximum atomic E-state index is 13.8. The van der Waals surface area contributed by atoms with Gasteiger partial charge in [-0.3, -0.25) is 4.98 Å². The first-order chi connectivity index (χ1) is 18.7. The Labute approximate surface area is 224 Å². The number of pyridine rings is 1. The number of rotatable bonds is 5. The predicted octanol–water partition coefficient (Wildman–Crippen LogP) is 8.77. The van der Waals surface area contributed by atoms with Crippen LogP contribution in [0.2, 0.25) is 0 Å². The Morgan fingerprint density at radius 2 is 1.51 bits per heavy atom. The van der Waals surface area contributed by atoms with Crippen molar-refractivity contribution in [2.75, 3.05) is 10.6 Å². The van der Waals surface area contributed by atoms with Gasteiger partial charge in [-0.1, -0.05) is 72.8 Å². The third kappa shape index (κ3) is 5.62. The molecule has 0 aliphatic heterocycles. The molecule has 2 amide bonds. The smallest absolute Gasteiger partial charge is 0.308 e. The van der Waals surface area contributed by atoms with E-state index in [1.165, 1.54) is 12.3 Å². The van der Waals surface area contributed by atoms with Crippen LogP contribution < -0.4 is 10.6 Å². The molecule has 7 heteroatoms. The Morgan fingerprint density at radius 3 is 2.23 bits per heavy atom. The lowest BCUT2D eigenvalue weighted by Gasteiger charge is -2.17. The minimum atomic E-state index is -4.54. The second-order valence-corrected chi connectivity index (χ2v) is 9.45. The van der Waals surface area contributed by atoms with Crippen molar-refractivity contribution in [2.24, 2.45) is 0 Å². The number of nitrogens with zero attached hydrogens (tertiary/aromatic N) is 1. The normalized spacial score (nSPS) is 11.4. The molecule has 1 heterocycles. The van der Waals surface area contributed by atoms with Gasteiger partial charge in [-0.25, -0.2) is 4.79 Å². The second kappa shape index (κ2) is 10.6. The zero-order valence-electron chi connectivity index (χ0n) is 21.4. The molecule has 0 bridgehead atoms. The third-order valence-electron chi connectivity index (χ3n) is 6.65. The third-order valence-corrected chi connectivity index (χ3v) is 6.65. The maximum absolute atomic E-state index is 13.8. The van der Waals surface area contributed by atoms with Gasteiger partial charge in [-0.15, -0.1) is 0 Å². The molecule has 0 aliphatic rings. The van der Waals surface area contributed by atoms with Crippen molar-refractivity contribution in [3.8, 4) is 11.1 Å². The number of hydrogen-bond donors (Lipinski definition) is 2. The number of nitrogens with one attached hydrogen (secondary N) is 2. The van der Waals surface area contributed by atoms with E-state index in [2.05, 4.69) is 15.6 Å². The van der Waals surface area contributed by atoms with Gasteiger partial charge in [0.2, 0.25) is 0 Å². The zero-order valence-corrected chi connectivity index (χ0v) is 21.4. The summed E-state index contributed by atoms with van der Waals surface area (Å²) in [6.07, 6.45) is -2.53. The largest absolute Gasteiger partial charge is 0.418 e. The highest BCUT2D eigenvalue weighted by Crippen LogP contribution is 2.39. The molecule has 5 aromatic rings. The summed E-state index contributed by atoms with van der Waals surface area (Å²) in [7, 11) is 0. The fourth-order valence-corrected chi connectivity index (χ4v) is 4.82. The minimum absolute atomic E-state index is 0.108. The molecular weight excluding hydrogens is 499 g/mol. The van der Waals surface area contributed by atoms with Crippen LogP contribution in [0.15, 0.2) is 97.2 Å². The van der Waals surface area contributed by atoms with E-state index in [-0.39, 0.29) is 5.52 Å². The van der Waals surface area contributed by atoms with Gasteiger partial charge in [-0.2, -0.15) is 13.2 Å². The summed E-state index contributed by atoms with van der Waals surface area (Å²) in [6, 6.07) is 26.3. The van der Waals surface area contributed by atoms with Gasteiger partial charge in [0.25, 0.3) is 0 Å². The van der Waals surface area contributed by atoms with Crippen LogP contribution >= 0.6 is 0 Å². The van der Waals surface area contributed by atoms with Crippen LogP contribution in [0.3, 0.4) is 0 Å². The summed E-state index contributed by atoms with van der Waals surface area (Å²) >= 11 is 0. The summed E-state index contributed by atoms with van der Waals surface area (Å²) in [5, 5.41) is 6.16. The highest BCUT2D eigenvalue weighted by atomic mass is 19.4. The summed E-state index contributed by atoms with van der Waals surface area (Å²) in [6.45, 7) is 3.84. The van der Waals surface area contributed by atoms with Gasteiger partial charge in [0.15, 0.2) is 0 Å². The molecule has 2 N–H and O–H groups in total. The molecule has 0 saturated carbocycles. The SMILES string of the molecule is Cc1cccc(C)c1NC(=O)Nc1cccc(-c2c(Cc3ccccc3)cnc3c(C(F)(F)F)cccc23)c1. The number of amides is 2. The number of alkyl halides is 3. The van der Waals surface area contributed by atoms with E-state index in [1.54, 1.807) is 24.3 Å². The topological polar surface area (TPSA) is 54.0 Å². The molecule has 4 aromatic carbocycles. The molecular formula is C32H26F3N3O. The number of para-hydroxylation sites is 2. The van der Waals surface area contributed by atoms with Crippen LogP contribution in [-0.4, -0.2) is 11.0 Å². The van der Waals surface area contributed by atoms with Crippen LogP contribution in [0.25, 0.3) is 22.0 Å². The molecule has 0 aliphatic carbocycles. The van der Waals surface area contributed by atoms with Crippen molar-refractivity contribution in [1.82, 2.24) is 4.98 Å². The van der Waals surface area contributed by atoms with Gasteiger partial charge < -0.3 is 10.6 Å². The average molecular weight is 526 g/mol. The number of carbonyl (C=O) groups is 1. The number of fused-ring (bicyclic) bond motifs is 1. The molecule has 0 radical (unpaired) electrons. The number of benzene rings is 4. The molecule has 0 unspecified atom stereocenters. The molecule has 1 aromatic heterocycles. The Morgan fingerprint density at radius 1 is 0.821 bits per heavy atom. The van der Waals surface area contributed by atoms with Gasteiger partial charge in [0.1, 0.15) is 0 Å². The molecule has 0 fully saturated rings. The molecule has 0 spiro atoms. The standard InChI is InChI=1S/C32H26F3N3O/c1-20-9-6-10-21(2)29(20)38-31(39)37-25-14-7-13-23(18-25)28-24(17-22-11-4-3-5-12-22)19-36-30-26(28)15-8-16-27(30)32(33,34)35/h3-16,18-19H,17H2,1-2H3,(H2,37,38,39). The number of hydrogen-bond acceptors (Lipinski definition) is 2. The lowest BCUT2D eigenvalue weighted by molar-refractivity contribution is -0.136. The summed E-state index contributed by atoms with van der Waals surface area (Å²) < 4.78 is 41.5. The first-order valence-electron chi connectivity index (χ1n) is 12.5. The van der Waals surface area contributed by atoms with Crippen molar-refractivity contribution in [3.05, 3.63) is 125 Å². The van der Waals surface area contributed by atoms with Gasteiger partial charge in [-0.05, 0) is 71.8 Å². The van der Waals surface area contributed by atoms with E-state index in [0.29, 0.717) is 28.6 Å². The summed E-state index contributed by atoms with van der Waals surface area (Å²) in [5.74, 6) is 0. The lowest BCUT2D eigenvalue weighted by Crippen LogP contribution is -2.20. The maximum Gasteiger partial charge on any atom is 0.418 e. The van der Waals surface area contributed by atoms with Crippen LogP contribution in [0.5, 0.6) is 0 Å². The Kier molecular flexibility index (Phi) is 7.07. The van der Waals surface area contributed by atoms with Gasteiger partial charge in [0.05, 0.1) is 11.1 Å². The first-order valence-corrected chi connectivity index (χ1v) is 12.5. The Hall–Kier alpha value is -4.65. The number of carbonyl (C=O) groups excluding carboxylic acids is 1. The van der Waals surface area contributed by atoms with Crippen molar-refractivity contribution < 1.29 is 18.0 Å². The monoisotopic (exact) mass is 525 g/mol. The minimum Gasteiger partial charge on any atom is -0.308 e. The van der Waals surface area contributed by atoms with Gasteiger partial charge >= 0.3 is 12.2 Å². The van der Waals surface area contributed by atoms with Crippen LogP contribution in [0.1, 0.15) is 27.8 Å². The van der Waals surface area contributed by atoms with Gasteiger partial charge in [0, 0.05) is 23.0 Å². The highest BCUT2D eigenvalue weighted by Gasteiger charge is 2.33. The van der Waals surface area contributed by atoms with Crippen molar-refractivity contribution >= 4 is 28.3 Å². The van der Waals surface area contributed by atoms with Crippen molar-refractivity contribution in [2.45, 2.75) is 26.4 Å². The van der Waals surface area contributed by atoms with E-state index >= 15 is 0 Å². The number of aromatic nitrogens is 1. The lowest BCUT2D eigenvalue weighted by atomic mass is 9.91. The van der Waals surface area contributed by atoms with E-state index in [1.807, 2.05) is 68.4 Å². The molecule has 39 heavy (non-hydrogen) atoms. The van der Waals surface area contributed by atoms with Crippen molar-refractivity contribution in [1.29, 1.82) is 0 Å². The van der Waals surface area contributed by atoms with Crippen LogP contribution in [-0.2, 0) is 12.6 Å². The molecule has 4 nitrogen and oxygen atoms in total. The molecule has 5 rings (SSSR count). The van der Waals surface area contributed by atoms with Crippen molar-refractivity contribution in [3.63, 3.8) is 0 Å². The second-order valence-electron chi connectivity index (χ2n) is 9.45. The number of aryl methyl sites for hydroxylation is 2. The predicted molar refractivity (Wildman–Crippen MR) is 150 cm³/mol. The fraction of sp³-hybridized carbons (Fsp3) is 0.125. The number of urea groups is 1. The van der Waals surface area contributed by atoms with E-state index in [0.717, 1.165) is 34.0 Å². The summed E-state index contributed by atoms with van der Waals surface area (Å²) in [4.78, 5) is 17.1. The quantitative estimate of drug-likeness (QED) is 0.241. The summed E-state index contributed by atoms with van der Waals surface area (Å²) in [5.41, 5.74) is 5.35. The molecule has 196 valence electrons. The van der Waals surface area contributed by atoms with E-state index in [9.17, 15) is 18.0 Å². The number of halogens is 3. The first kappa shape index (κ1) is 26.0. The molecule has 0 saturated heterocycles. The highest BCUT2D eigenvalue weighted by molar-refractivity contribution is 6.02. The Bertz CT molecular complexity index is 1640. The fourth-order valence-electron chi connectivity index (χ4n) is 4.82. The molecule has 0 atom stereocenters. The number of anilines is 2. The average Bonchev–Trinajstić information content (AvgIpc) is 2.90. The Balaban J connectivity index is 1.57. The van der Waals surface area contributed by atoms with Crippen LogP contribution in [0, 0.1) is 13.8 Å². The van der Waals surface area contributed by atoms with E-state index < -0.39 is 17.8 Å².